The number of benzene rings is 1. The monoisotopic (exact) mass is 494 g/mol. The SMILES string of the molecule is CN(C)C(=O)N1CCC(O)(Cn2cnc3c(cnn3-c3ccc(OCC(F)(F)F)cc3)c2=O)CC1. The van der Waals surface area contributed by atoms with Crippen LogP contribution in [0, 0.1) is 0 Å². The first kappa shape index (κ1) is 24.5. The van der Waals surface area contributed by atoms with E-state index < -0.39 is 18.4 Å². The number of aromatic nitrogens is 4. The maximum absolute atomic E-state index is 13.0. The summed E-state index contributed by atoms with van der Waals surface area (Å²) in [5.41, 5.74) is -0.786. The Morgan fingerprint density at radius 2 is 1.86 bits per heavy atom. The van der Waals surface area contributed by atoms with Gasteiger partial charge >= 0.3 is 12.2 Å². The number of halogens is 3. The Morgan fingerprint density at radius 3 is 2.46 bits per heavy atom. The minimum atomic E-state index is -4.44. The summed E-state index contributed by atoms with van der Waals surface area (Å²) in [5, 5.41) is 15.5. The zero-order chi connectivity index (χ0) is 25.4. The lowest BCUT2D eigenvalue weighted by atomic mass is 9.91. The Labute approximate surface area is 198 Å². The van der Waals surface area contributed by atoms with Crippen molar-refractivity contribution in [2.24, 2.45) is 0 Å². The smallest absolute Gasteiger partial charge is 0.422 e. The average molecular weight is 494 g/mol. The molecule has 188 valence electrons. The van der Waals surface area contributed by atoms with Gasteiger partial charge in [0.25, 0.3) is 5.56 Å². The highest BCUT2D eigenvalue weighted by molar-refractivity contribution is 5.75. The van der Waals surface area contributed by atoms with Gasteiger partial charge in [-0.05, 0) is 37.1 Å². The molecule has 0 spiro atoms. The normalized spacial score (nSPS) is 15.9. The number of piperidine rings is 1. The third-order valence-electron chi connectivity index (χ3n) is 5.85. The van der Waals surface area contributed by atoms with Crippen molar-refractivity contribution in [2.45, 2.75) is 31.2 Å². The number of likely N-dealkylation sites (tertiary alicyclic amines) is 1. The van der Waals surface area contributed by atoms with Gasteiger partial charge < -0.3 is 19.6 Å². The van der Waals surface area contributed by atoms with Crippen molar-refractivity contribution < 1.29 is 27.8 Å². The second-order valence-electron chi connectivity index (χ2n) is 8.76. The van der Waals surface area contributed by atoms with Crippen molar-refractivity contribution in [2.75, 3.05) is 33.8 Å². The molecule has 0 radical (unpaired) electrons. The number of amides is 2. The summed E-state index contributed by atoms with van der Waals surface area (Å²) in [6.07, 6.45) is -1.11. The summed E-state index contributed by atoms with van der Waals surface area (Å²) in [5.74, 6) is 0.0458. The molecule has 35 heavy (non-hydrogen) atoms. The van der Waals surface area contributed by atoms with Crippen LogP contribution in [0.1, 0.15) is 12.8 Å². The molecule has 0 aliphatic carbocycles. The first-order valence-electron chi connectivity index (χ1n) is 10.9. The van der Waals surface area contributed by atoms with Crippen molar-refractivity contribution in [1.82, 2.24) is 29.1 Å². The lowest BCUT2D eigenvalue weighted by molar-refractivity contribution is -0.153. The van der Waals surface area contributed by atoms with Crippen molar-refractivity contribution >= 4 is 17.1 Å². The second-order valence-corrected chi connectivity index (χ2v) is 8.76. The molecule has 1 aliphatic heterocycles. The van der Waals surface area contributed by atoms with Gasteiger partial charge in [0.15, 0.2) is 12.3 Å². The van der Waals surface area contributed by atoms with Gasteiger partial charge in [-0.25, -0.2) is 14.5 Å². The maximum atomic E-state index is 13.0. The summed E-state index contributed by atoms with van der Waals surface area (Å²) in [6.45, 7) is -0.624. The number of alkyl halides is 3. The van der Waals surface area contributed by atoms with E-state index in [1.807, 2.05) is 0 Å². The third kappa shape index (κ3) is 5.39. The van der Waals surface area contributed by atoms with E-state index in [0.29, 0.717) is 31.6 Å². The van der Waals surface area contributed by atoms with Crippen LogP contribution in [0.25, 0.3) is 16.7 Å². The first-order chi connectivity index (χ1) is 16.5. The average Bonchev–Trinajstić information content (AvgIpc) is 3.24. The van der Waals surface area contributed by atoms with E-state index >= 15 is 0 Å². The van der Waals surface area contributed by atoms with E-state index in [9.17, 15) is 27.9 Å². The number of hydrogen-bond donors (Lipinski definition) is 1. The molecular weight excluding hydrogens is 469 g/mol. The zero-order valence-corrected chi connectivity index (χ0v) is 19.2. The number of urea groups is 1. The molecule has 13 heteroatoms. The van der Waals surface area contributed by atoms with Gasteiger partial charge in [0.1, 0.15) is 17.5 Å². The lowest BCUT2D eigenvalue weighted by Crippen LogP contribution is -2.51. The Kier molecular flexibility index (Phi) is 6.45. The summed E-state index contributed by atoms with van der Waals surface area (Å²) >= 11 is 0. The Balaban J connectivity index is 1.50. The molecule has 1 N–H and O–H groups in total. The van der Waals surface area contributed by atoms with Gasteiger partial charge in [-0.1, -0.05) is 0 Å². The van der Waals surface area contributed by atoms with Crippen LogP contribution >= 0.6 is 0 Å². The largest absolute Gasteiger partial charge is 0.484 e. The van der Waals surface area contributed by atoms with E-state index in [-0.39, 0.29) is 34.9 Å². The van der Waals surface area contributed by atoms with Crippen molar-refractivity contribution in [3.63, 3.8) is 0 Å². The number of nitrogens with zero attached hydrogens (tertiary/aromatic N) is 6. The molecule has 1 aliphatic rings. The number of carbonyl (C=O) groups is 1. The van der Waals surface area contributed by atoms with Crippen molar-refractivity contribution in [1.29, 1.82) is 0 Å². The lowest BCUT2D eigenvalue weighted by Gasteiger charge is -2.39. The second kappa shape index (κ2) is 9.21. The summed E-state index contributed by atoms with van der Waals surface area (Å²) in [6, 6.07) is 5.64. The number of ether oxygens (including phenoxy) is 1. The highest BCUT2D eigenvalue weighted by atomic mass is 19.4. The Morgan fingerprint density at radius 1 is 1.20 bits per heavy atom. The Hall–Kier alpha value is -3.61. The van der Waals surface area contributed by atoms with Crippen molar-refractivity contribution in [3.8, 4) is 11.4 Å². The van der Waals surface area contributed by atoms with Crippen LogP contribution in [0.5, 0.6) is 5.75 Å². The van der Waals surface area contributed by atoms with Crippen LogP contribution < -0.4 is 10.3 Å². The van der Waals surface area contributed by atoms with E-state index in [1.165, 1.54) is 50.9 Å². The topological polar surface area (TPSA) is 106 Å². The summed E-state index contributed by atoms with van der Waals surface area (Å²) in [4.78, 5) is 32.6. The predicted molar refractivity (Wildman–Crippen MR) is 120 cm³/mol. The molecule has 0 bridgehead atoms. The molecule has 10 nitrogen and oxygen atoms in total. The van der Waals surface area contributed by atoms with E-state index in [4.69, 9.17) is 4.74 Å². The molecule has 4 rings (SSSR count). The van der Waals surface area contributed by atoms with Gasteiger partial charge in [-0.15, -0.1) is 0 Å². The number of hydrogen-bond acceptors (Lipinski definition) is 6. The fraction of sp³-hybridized carbons (Fsp3) is 0.455. The van der Waals surface area contributed by atoms with Crippen LogP contribution in [-0.4, -0.2) is 85.8 Å². The number of aliphatic hydroxyl groups is 1. The minimum absolute atomic E-state index is 0.0230. The standard InChI is InChI=1S/C22H25F3N6O4/c1-28(2)20(33)29-9-7-21(34,8-10-29)12-30-14-26-18-17(19(30)32)11-27-31(18)15-3-5-16(6-4-15)35-13-22(23,24)25/h3-6,11,14,34H,7-10,12-13H2,1-2H3. The predicted octanol–water partition coefficient (Wildman–Crippen LogP) is 2.03. The van der Waals surface area contributed by atoms with Crippen LogP contribution in [0.3, 0.4) is 0 Å². The molecule has 2 amide bonds. The van der Waals surface area contributed by atoms with E-state index in [1.54, 1.807) is 19.0 Å². The van der Waals surface area contributed by atoms with Crippen LogP contribution in [0.4, 0.5) is 18.0 Å². The quantitative estimate of drug-likeness (QED) is 0.582. The first-order valence-corrected chi connectivity index (χ1v) is 10.9. The van der Waals surface area contributed by atoms with E-state index in [0.717, 1.165) is 0 Å². The van der Waals surface area contributed by atoms with Crippen LogP contribution in [-0.2, 0) is 6.54 Å². The van der Waals surface area contributed by atoms with Crippen LogP contribution in [0.2, 0.25) is 0 Å². The number of rotatable bonds is 5. The molecule has 3 heterocycles. The van der Waals surface area contributed by atoms with Gasteiger partial charge in [-0.3, -0.25) is 9.36 Å². The molecule has 1 saturated heterocycles. The van der Waals surface area contributed by atoms with Gasteiger partial charge in [0, 0.05) is 27.2 Å². The summed E-state index contributed by atoms with van der Waals surface area (Å²) < 4.78 is 44.4. The molecule has 0 unspecified atom stereocenters. The fourth-order valence-corrected chi connectivity index (χ4v) is 3.97. The molecule has 1 fully saturated rings. The minimum Gasteiger partial charge on any atom is -0.484 e. The van der Waals surface area contributed by atoms with Crippen molar-refractivity contribution in [3.05, 3.63) is 47.1 Å². The highest BCUT2D eigenvalue weighted by Crippen LogP contribution is 2.25. The number of carbonyl (C=O) groups excluding carboxylic acids is 1. The van der Waals surface area contributed by atoms with Crippen LogP contribution in [0.15, 0.2) is 41.6 Å². The third-order valence-corrected chi connectivity index (χ3v) is 5.85. The summed E-state index contributed by atoms with van der Waals surface area (Å²) in [7, 11) is 3.33. The number of fused-ring (bicyclic) bond motifs is 1. The molecular formula is C22H25F3N6O4. The van der Waals surface area contributed by atoms with Gasteiger partial charge in [-0.2, -0.15) is 18.3 Å². The molecule has 2 aromatic heterocycles. The van der Waals surface area contributed by atoms with Gasteiger partial charge in [0.2, 0.25) is 0 Å². The molecule has 0 saturated carbocycles. The Bertz CT molecular complexity index is 1260. The maximum Gasteiger partial charge on any atom is 0.422 e. The fourth-order valence-electron chi connectivity index (χ4n) is 3.97. The highest BCUT2D eigenvalue weighted by Gasteiger charge is 2.35. The molecule has 3 aromatic rings. The molecule has 1 aromatic carbocycles. The molecule has 0 atom stereocenters. The van der Waals surface area contributed by atoms with E-state index in [2.05, 4.69) is 10.1 Å². The zero-order valence-electron chi connectivity index (χ0n) is 19.2. The van der Waals surface area contributed by atoms with Gasteiger partial charge in [0.05, 0.1) is 24.0 Å².